The highest BCUT2D eigenvalue weighted by Crippen LogP contribution is 2.50. The van der Waals surface area contributed by atoms with Crippen LogP contribution in [-0.4, -0.2) is 45.4 Å². The van der Waals surface area contributed by atoms with Crippen LogP contribution < -0.4 is 14.2 Å². The fourth-order valence-corrected chi connectivity index (χ4v) is 4.31. The molecule has 1 heterocycles. The smallest absolute Gasteiger partial charge is 0.315 e. The molecule has 3 rings (SSSR count). The van der Waals surface area contributed by atoms with E-state index in [1.165, 1.54) is 14.2 Å². The minimum atomic E-state index is -0.704. The van der Waals surface area contributed by atoms with E-state index in [0.29, 0.717) is 60.0 Å². The highest BCUT2D eigenvalue weighted by molar-refractivity contribution is 6.09. The Bertz CT molecular complexity index is 901. The maximum absolute atomic E-state index is 13.1. The van der Waals surface area contributed by atoms with E-state index >= 15 is 0 Å². The van der Waals surface area contributed by atoms with Gasteiger partial charge in [-0.1, -0.05) is 13.0 Å². The maximum atomic E-state index is 13.1. The van der Waals surface area contributed by atoms with Crippen molar-refractivity contribution in [1.29, 1.82) is 0 Å². The number of allylic oxidation sites excluding steroid dienone is 2. The first kappa shape index (κ1) is 21.9. The molecule has 0 radical (unpaired) electrons. The Hall–Kier alpha value is -2.83. The maximum Gasteiger partial charge on any atom is 0.315 e. The van der Waals surface area contributed by atoms with Gasteiger partial charge in [0.15, 0.2) is 17.3 Å². The van der Waals surface area contributed by atoms with Crippen LogP contribution in [0.5, 0.6) is 17.2 Å². The number of aliphatic imine (C=N–C) groups is 1. The molecule has 30 heavy (non-hydrogen) atoms. The van der Waals surface area contributed by atoms with Gasteiger partial charge >= 0.3 is 5.97 Å². The standard InChI is InChI=1S/C23H29NO6/c1-6-12-30-23(26)18-13(2)24-15-8-7-9-16(25)20(15)19(18)14-10-11-17(27-3)22(29-5)21(14)28-4/h10-11,18-19H,6-9,12H2,1-5H3/t18?,19-/m0/s1. The zero-order chi connectivity index (χ0) is 21.8. The van der Waals surface area contributed by atoms with Gasteiger partial charge in [0.05, 0.1) is 27.9 Å². The van der Waals surface area contributed by atoms with Crippen molar-refractivity contribution >= 4 is 17.5 Å². The van der Waals surface area contributed by atoms with Gasteiger partial charge in [-0.25, -0.2) is 0 Å². The molecule has 2 aliphatic rings. The lowest BCUT2D eigenvalue weighted by molar-refractivity contribution is -0.146. The summed E-state index contributed by atoms with van der Waals surface area (Å²) in [5, 5.41) is 0. The van der Waals surface area contributed by atoms with Crippen molar-refractivity contribution in [2.24, 2.45) is 10.9 Å². The average molecular weight is 415 g/mol. The third-order valence-electron chi connectivity index (χ3n) is 5.61. The van der Waals surface area contributed by atoms with Crippen LogP contribution in [0.15, 0.2) is 28.4 Å². The Labute approximate surface area is 177 Å². The number of Topliss-reactive ketones (excluding diaryl/α,β-unsaturated/α-hetero) is 1. The molecule has 0 spiro atoms. The number of hydrogen-bond acceptors (Lipinski definition) is 7. The van der Waals surface area contributed by atoms with E-state index < -0.39 is 11.8 Å². The third-order valence-corrected chi connectivity index (χ3v) is 5.61. The van der Waals surface area contributed by atoms with E-state index in [9.17, 15) is 9.59 Å². The molecule has 0 bridgehead atoms. The Morgan fingerprint density at radius 2 is 1.83 bits per heavy atom. The average Bonchev–Trinajstić information content (AvgIpc) is 2.75. The van der Waals surface area contributed by atoms with Gasteiger partial charge in [0.2, 0.25) is 5.75 Å². The Morgan fingerprint density at radius 3 is 2.47 bits per heavy atom. The zero-order valence-corrected chi connectivity index (χ0v) is 18.2. The predicted octanol–water partition coefficient (Wildman–Crippen LogP) is 3.85. The largest absolute Gasteiger partial charge is 0.493 e. The zero-order valence-electron chi connectivity index (χ0n) is 18.2. The number of rotatable bonds is 7. The van der Waals surface area contributed by atoms with Gasteiger partial charge in [-0.15, -0.1) is 0 Å². The predicted molar refractivity (Wildman–Crippen MR) is 113 cm³/mol. The number of carbonyl (C=O) groups is 2. The number of ketones is 1. The summed E-state index contributed by atoms with van der Waals surface area (Å²) in [6, 6.07) is 3.59. The van der Waals surface area contributed by atoms with E-state index in [1.54, 1.807) is 13.2 Å². The summed E-state index contributed by atoms with van der Waals surface area (Å²) in [5.74, 6) is -0.256. The second-order valence-corrected chi connectivity index (χ2v) is 7.44. The molecule has 7 nitrogen and oxygen atoms in total. The fraction of sp³-hybridized carbons (Fsp3) is 0.522. The van der Waals surface area contributed by atoms with Crippen LogP contribution in [0, 0.1) is 5.92 Å². The lowest BCUT2D eigenvalue weighted by Crippen LogP contribution is -2.37. The lowest BCUT2D eigenvalue weighted by atomic mass is 9.71. The Morgan fingerprint density at radius 1 is 1.10 bits per heavy atom. The summed E-state index contributed by atoms with van der Waals surface area (Å²) >= 11 is 0. The second-order valence-electron chi connectivity index (χ2n) is 7.44. The van der Waals surface area contributed by atoms with E-state index in [1.807, 2.05) is 19.9 Å². The topological polar surface area (TPSA) is 83.4 Å². The van der Waals surface area contributed by atoms with Crippen molar-refractivity contribution < 1.29 is 28.5 Å². The molecule has 0 N–H and O–H groups in total. The number of nitrogens with zero attached hydrogens (tertiary/aromatic N) is 1. The van der Waals surface area contributed by atoms with E-state index in [-0.39, 0.29) is 11.8 Å². The first-order valence-electron chi connectivity index (χ1n) is 10.2. The molecule has 7 heteroatoms. The number of hydrogen-bond donors (Lipinski definition) is 0. The van der Waals surface area contributed by atoms with Crippen molar-refractivity contribution in [3.63, 3.8) is 0 Å². The summed E-state index contributed by atoms with van der Waals surface area (Å²) < 4.78 is 22.1. The number of esters is 1. The van der Waals surface area contributed by atoms with Gasteiger partial charge in [-0.2, -0.15) is 0 Å². The summed E-state index contributed by atoms with van der Waals surface area (Å²) in [6.07, 6.45) is 2.62. The number of carbonyl (C=O) groups excluding carboxylic acids is 2. The van der Waals surface area contributed by atoms with Crippen molar-refractivity contribution in [3.8, 4) is 17.2 Å². The van der Waals surface area contributed by atoms with E-state index in [2.05, 4.69) is 4.99 Å². The van der Waals surface area contributed by atoms with E-state index in [0.717, 1.165) is 12.1 Å². The van der Waals surface area contributed by atoms with Crippen LogP contribution in [0.3, 0.4) is 0 Å². The Balaban J connectivity index is 2.23. The molecule has 0 saturated carbocycles. The minimum Gasteiger partial charge on any atom is -0.493 e. The van der Waals surface area contributed by atoms with Crippen LogP contribution >= 0.6 is 0 Å². The first-order chi connectivity index (χ1) is 14.5. The molecule has 0 saturated heterocycles. The lowest BCUT2D eigenvalue weighted by Gasteiger charge is -2.35. The van der Waals surface area contributed by atoms with Gasteiger partial charge in [-0.05, 0) is 32.3 Å². The first-order valence-corrected chi connectivity index (χ1v) is 10.2. The normalized spacial score (nSPS) is 21.0. The van der Waals surface area contributed by atoms with Gasteiger partial charge < -0.3 is 18.9 Å². The van der Waals surface area contributed by atoms with Crippen LogP contribution in [0.4, 0.5) is 0 Å². The van der Waals surface area contributed by atoms with Crippen molar-refractivity contribution in [3.05, 3.63) is 29.0 Å². The molecule has 1 aromatic carbocycles. The summed E-state index contributed by atoms with van der Waals surface area (Å²) in [7, 11) is 4.61. The molecule has 1 aromatic rings. The van der Waals surface area contributed by atoms with Crippen molar-refractivity contribution in [2.45, 2.75) is 45.4 Å². The molecule has 1 unspecified atom stereocenters. The fourth-order valence-electron chi connectivity index (χ4n) is 4.31. The molecular formula is C23H29NO6. The van der Waals surface area contributed by atoms with Crippen molar-refractivity contribution in [1.82, 2.24) is 0 Å². The summed E-state index contributed by atoms with van der Waals surface area (Å²) in [6.45, 7) is 4.08. The quantitative estimate of drug-likeness (QED) is 0.629. The molecule has 0 fully saturated rings. The third kappa shape index (κ3) is 3.80. The summed E-state index contributed by atoms with van der Waals surface area (Å²) in [5.41, 5.74) is 2.66. The van der Waals surface area contributed by atoms with E-state index in [4.69, 9.17) is 18.9 Å². The van der Waals surface area contributed by atoms with Crippen LogP contribution in [0.25, 0.3) is 0 Å². The second kappa shape index (κ2) is 9.32. The minimum absolute atomic E-state index is 0.0163. The molecule has 1 aliphatic heterocycles. The Kier molecular flexibility index (Phi) is 6.80. The molecular weight excluding hydrogens is 386 g/mol. The number of benzene rings is 1. The number of ether oxygens (including phenoxy) is 4. The molecule has 162 valence electrons. The van der Waals surface area contributed by atoms with Gasteiger partial charge in [0.1, 0.15) is 5.92 Å². The molecule has 0 aromatic heterocycles. The SMILES string of the molecule is CCCOC(=O)C1C(C)=NC2=C(C(=O)CCC2)[C@H]1c1ccc(OC)c(OC)c1OC. The summed E-state index contributed by atoms with van der Waals surface area (Å²) in [4.78, 5) is 30.7. The van der Waals surface area contributed by atoms with Crippen LogP contribution in [-0.2, 0) is 14.3 Å². The highest BCUT2D eigenvalue weighted by Gasteiger charge is 2.44. The molecule has 2 atom stereocenters. The van der Waals surface area contributed by atoms with Crippen molar-refractivity contribution in [2.75, 3.05) is 27.9 Å². The molecule has 1 aliphatic carbocycles. The van der Waals surface area contributed by atoms with Gasteiger partial charge in [-0.3, -0.25) is 14.6 Å². The van der Waals surface area contributed by atoms with Crippen LogP contribution in [0.2, 0.25) is 0 Å². The highest BCUT2D eigenvalue weighted by atomic mass is 16.5. The van der Waals surface area contributed by atoms with Crippen LogP contribution in [0.1, 0.15) is 51.0 Å². The monoisotopic (exact) mass is 415 g/mol. The molecule has 0 amide bonds. The number of methoxy groups -OCH3 is 3. The van der Waals surface area contributed by atoms with Gasteiger partial charge in [0.25, 0.3) is 0 Å². The van der Waals surface area contributed by atoms with Gasteiger partial charge in [0, 0.05) is 34.9 Å².